The molecule has 0 amide bonds. The van der Waals surface area contributed by atoms with Crippen molar-refractivity contribution in [1.29, 1.82) is 0 Å². The average molecular weight is 358 g/mol. The molecule has 0 spiro atoms. The third-order valence-electron chi connectivity index (χ3n) is 5.33. The molecule has 4 rings (SSSR count). The minimum Gasteiger partial charge on any atom is -0.462 e. The number of carbonyl (C=O) groups excluding carboxylic acids is 1. The van der Waals surface area contributed by atoms with Gasteiger partial charge in [0.25, 0.3) is 0 Å². The summed E-state index contributed by atoms with van der Waals surface area (Å²) in [5.74, 6) is -0.915. The highest BCUT2D eigenvalue weighted by Crippen LogP contribution is 2.48. The van der Waals surface area contributed by atoms with Crippen LogP contribution >= 0.6 is 0 Å². The SMILES string of the molecule is CN1[C@@H]2CC(OC(=O)[C@H](CO)c3ccccc3)C[C@H]1[C@@H]1O[C@@H]12.O.O.O.[H+]. The fourth-order valence-corrected chi connectivity index (χ4v) is 4.04. The van der Waals surface area contributed by atoms with Crippen LogP contribution in [-0.4, -0.2) is 76.5 Å². The minimum absolute atomic E-state index is 0. The first-order valence-electron chi connectivity index (χ1n) is 7.92. The Morgan fingerprint density at radius 2 is 1.80 bits per heavy atom. The maximum Gasteiger partial charge on any atom is 1.00 e. The molecule has 3 fully saturated rings. The molecule has 3 saturated heterocycles. The van der Waals surface area contributed by atoms with Crippen LogP contribution in [0.4, 0.5) is 0 Å². The van der Waals surface area contributed by atoms with E-state index in [1.165, 1.54) is 0 Å². The van der Waals surface area contributed by atoms with E-state index >= 15 is 0 Å². The van der Waals surface area contributed by atoms with E-state index in [1.54, 1.807) is 0 Å². The smallest absolute Gasteiger partial charge is 0.462 e. The van der Waals surface area contributed by atoms with E-state index in [2.05, 4.69) is 11.9 Å². The van der Waals surface area contributed by atoms with E-state index in [9.17, 15) is 9.90 Å². The lowest BCUT2D eigenvalue weighted by Crippen LogP contribution is -2.48. The van der Waals surface area contributed by atoms with E-state index in [1.807, 2.05) is 30.3 Å². The summed E-state index contributed by atoms with van der Waals surface area (Å²) in [5.41, 5.74) is 0.803. The molecular formula is C17H28NO7+. The van der Waals surface area contributed by atoms with Gasteiger partial charge in [-0.05, 0) is 12.6 Å². The number of ether oxygens (including phenoxy) is 2. The van der Waals surface area contributed by atoms with Gasteiger partial charge < -0.3 is 31.0 Å². The molecular weight excluding hydrogens is 330 g/mol. The second-order valence-corrected chi connectivity index (χ2v) is 6.54. The third kappa shape index (κ3) is 3.69. The van der Waals surface area contributed by atoms with Gasteiger partial charge in [-0.3, -0.25) is 9.69 Å². The lowest BCUT2D eigenvalue weighted by atomic mass is 9.97. The number of piperidine rings is 1. The number of epoxide rings is 1. The van der Waals surface area contributed by atoms with Crippen LogP contribution < -0.4 is 0 Å². The topological polar surface area (TPSA) is 157 Å². The summed E-state index contributed by atoms with van der Waals surface area (Å²) < 4.78 is 11.4. The van der Waals surface area contributed by atoms with Gasteiger partial charge >= 0.3 is 7.40 Å². The van der Waals surface area contributed by atoms with Gasteiger partial charge in [0, 0.05) is 24.9 Å². The van der Waals surface area contributed by atoms with E-state index in [4.69, 9.17) is 9.47 Å². The number of hydrogen-bond donors (Lipinski definition) is 1. The Hall–Kier alpha value is -1.55. The molecule has 3 aliphatic heterocycles. The number of esters is 1. The summed E-state index contributed by atoms with van der Waals surface area (Å²) in [6.07, 6.45) is 2.26. The summed E-state index contributed by atoms with van der Waals surface area (Å²) in [7, 11) is 2.13. The Labute approximate surface area is 147 Å². The number of benzene rings is 1. The molecule has 0 aliphatic carbocycles. The molecule has 1 unspecified atom stereocenters. The Morgan fingerprint density at radius 3 is 2.32 bits per heavy atom. The monoisotopic (exact) mass is 358 g/mol. The van der Waals surface area contributed by atoms with Crippen LogP contribution in [0.15, 0.2) is 30.3 Å². The lowest BCUT2D eigenvalue weighted by Gasteiger charge is -2.38. The van der Waals surface area contributed by atoms with Gasteiger partial charge in [-0.15, -0.1) is 0 Å². The van der Waals surface area contributed by atoms with Crippen LogP contribution in [0.1, 0.15) is 25.7 Å². The lowest BCUT2D eigenvalue weighted by molar-refractivity contribution is -0.156. The Kier molecular flexibility index (Phi) is 7.07. The number of rotatable bonds is 4. The second-order valence-electron chi connectivity index (χ2n) is 6.54. The van der Waals surface area contributed by atoms with Crippen molar-refractivity contribution in [1.82, 2.24) is 4.90 Å². The van der Waals surface area contributed by atoms with E-state index in [0.717, 1.165) is 18.4 Å². The van der Waals surface area contributed by atoms with Gasteiger partial charge in [0.1, 0.15) is 24.2 Å². The van der Waals surface area contributed by atoms with E-state index in [0.29, 0.717) is 24.3 Å². The number of hydrogen-bond acceptors (Lipinski definition) is 5. The van der Waals surface area contributed by atoms with Crippen molar-refractivity contribution in [2.24, 2.45) is 0 Å². The molecule has 8 nitrogen and oxygen atoms in total. The van der Waals surface area contributed by atoms with Crippen LogP contribution in [0, 0.1) is 0 Å². The zero-order chi connectivity index (χ0) is 15.3. The van der Waals surface area contributed by atoms with Gasteiger partial charge in [0.2, 0.25) is 0 Å². The summed E-state index contributed by atoms with van der Waals surface area (Å²) in [6, 6.07) is 10.1. The largest absolute Gasteiger partial charge is 1.00 e. The fourth-order valence-electron chi connectivity index (χ4n) is 4.04. The van der Waals surface area contributed by atoms with Gasteiger partial charge in [-0.25, -0.2) is 0 Å². The molecule has 142 valence electrons. The van der Waals surface area contributed by atoms with Crippen LogP contribution in [0.25, 0.3) is 0 Å². The number of carbonyl (C=O) groups is 1. The first kappa shape index (κ1) is 21.5. The molecule has 1 aromatic carbocycles. The molecule has 3 heterocycles. The highest BCUT2D eigenvalue weighted by atomic mass is 16.6. The highest BCUT2D eigenvalue weighted by Gasteiger charge is 2.62. The second kappa shape index (κ2) is 8.22. The summed E-state index contributed by atoms with van der Waals surface area (Å²) in [5, 5.41) is 9.56. The standard InChI is InChI=1S/C17H21NO4.3H2O/c1-18-13-7-11(8-14(18)16-15(13)22-16)21-17(20)12(9-19)10-5-3-2-4-6-10;;;/h2-6,11-16,19H,7-9H2,1H3;3*1H2/p+1/t11?,12-,13-,14+,15-,16+;;;/m1.../s1. The quantitative estimate of drug-likeness (QED) is 0.515. The Morgan fingerprint density at radius 1 is 1.24 bits per heavy atom. The normalized spacial score (nSPS) is 33.0. The molecule has 8 heteroatoms. The zero-order valence-electron chi connectivity index (χ0n) is 15.1. The zero-order valence-corrected chi connectivity index (χ0v) is 14.1. The number of aliphatic hydroxyl groups excluding tert-OH is 1. The van der Waals surface area contributed by atoms with Crippen molar-refractivity contribution in [3.8, 4) is 0 Å². The maximum absolute atomic E-state index is 12.4. The van der Waals surface area contributed by atoms with Crippen LogP contribution in [-0.2, 0) is 14.3 Å². The highest BCUT2D eigenvalue weighted by molar-refractivity contribution is 5.78. The summed E-state index contributed by atoms with van der Waals surface area (Å²) in [6.45, 7) is -0.226. The van der Waals surface area contributed by atoms with E-state index < -0.39 is 5.92 Å². The van der Waals surface area contributed by atoms with Crippen LogP contribution in [0.2, 0.25) is 0 Å². The molecule has 6 atom stereocenters. The number of morpholine rings is 1. The molecule has 0 radical (unpaired) electrons. The van der Waals surface area contributed by atoms with Crippen LogP contribution in [0.3, 0.4) is 0 Å². The number of aliphatic hydroxyl groups is 1. The molecule has 3 aliphatic rings. The average Bonchev–Trinajstić information content (AvgIpc) is 3.27. The maximum atomic E-state index is 12.4. The molecule has 7 N–H and O–H groups in total. The van der Waals surface area contributed by atoms with Crippen molar-refractivity contribution >= 4 is 5.97 Å². The summed E-state index contributed by atoms with van der Waals surface area (Å²) in [4.78, 5) is 14.8. The summed E-state index contributed by atoms with van der Waals surface area (Å²) >= 11 is 0. The molecule has 2 bridgehead atoms. The van der Waals surface area contributed by atoms with Gasteiger partial charge in [-0.2, -0.15) is 0 Å². The predicted molar refractivity (Wildman–Crippen MR) is 91.3 cm³/mol. The Bertz CT molecular complexity index is 557. The predicted octanol–water partition coefficient (Wildman–Crippen LogP) is -1.44. The van der Waals surface area contributed by atoms with Crippen LogP contribution in [0.5, 0.6) is 0 Å². The van der Waals surface area contributed by atoms with Crippen molar-refractivity contribution < 1.29 is 37.2 Å². The van der Waals surface area contributed by atoms with Gasteiger partial charge in [-0.1, -0.05) is 30.3 Å². The number of likely N-dealkylation sites (N-methyl/N-ethyl adjacent to an activating group) is 1. The van der Waals surface area contributed by atoms with E-state index in [-0.39, 0.29) is 36.5 Å². The first-order chi connectivity index (χ1) is 10.7. The third-order valence-corrected chi connectivity index (χ3v) is 5.33. The van der Waals surface area contributed by atoms with Crippen molar-refractivity contribution in [2.75, 3.05) is 13.7 Å². The van der Waals surface area contributed by atoms with Crippen molar-refractivity contribution in [3.63, 3.8) is 0 Å². The molecule has 25 heavy (non-hydrogen) atoms. The number of fused-ring (bicyclic) bond motifs is 5. The molecule has 0 aromatic heterocycles. The molecule has 0 saturated carbocycles. The Balaban J connectivity index is 0.00000156. The number of nitrogens with zero attached hydrogens (tertiary/aromatic N) is 1. The minimum atomic E-state index is -0.593. The first-order valence-corrected chi connectivity index (χ1v) is 7.92. The van der Waals surface area contributed by atoms with Crippen molar-refractivity contribution in [3.05, 3.63) is 35.9 Å². The molecule has 1 aromatic rings. The van der Waals surface area contributed by atoms with Gasteiger partial charge in [0.15, 0.2) is 0 Å². The fraction of sp³-hybridized carbons (Fsp3) is 0.588. The van der Waals surface area contributed by atoms with Gasteiger partial charge in [0.05, 0.1) is 6.61 Å². The van der Waals surface area contributed by atoms with Crippen molar-refractivity contribution in [2.45, 2.75) is 49.2 Å².